The molecule has 0 heterocycles. The fourth-order valence-corrected chi connectivity index (χ4v) is 9.91. The van der Waals surface area contributed by atoms with Gasteiger partial charge in [0.15, 0.2) is 0 Å². The molecule has 0 saturated carbocycles. The van der Waals surface area contributed by atoms with Crippen molar-refractivity contribution in [2.24, 2.45) is 0 Å². The summed E-state index contributed by atoms with van der Waals surface area (Å²) >= 11 is 2.92. The molecule has 0 aromatic heterocycles. The number of rotatable bonds is 4. The Balaban J connectivity index is 0.000000164. The molecule has 10 aromatic rings. The van der Waals surface area contributed by atoms with Gasteiger partial charge in [-0.3, -0.25) is 12.2 Å². The minimum absolute atomic E-state index is 0. The van der Waals surface area contributed by atoms with Crippen LogP contribution in [0.15, 0.2) is 242 Å². The molecule has 2 aliphatic rings. The fraction of sp³-hybridized carbons (Fsp3) is 0.118. The third kappa shape index (κ3) is 16.8. The molecule has 10 aromatic carbocycles. The van der Waals surface area contributed by atoms with Crippen molar-refractivity contribution in [3.63, 3.8) is 0 Å². The second kappa shape index (κ2) is 29.3. The van der Waals surface area contributed by atoms with Crippen molar-refractivity contribution >= 4 is 49.5 Å². The average Bonchev–Trinajstić information content (AvgIpc) is 4.22. The number of benzene rings is 8. The van der Waals surface area contributed by atoms with E-state index in [4.69, 9.17) is 0 Å². The molecule has 2 aliphatic carbocycles. The van der Waals surface area contributed by atoms with Crippen molar-refractivity contribution in [3.05, 3.63) is 298 Å². The Hall–Kier alpha value is -5.45. The van der Waals surface area contributed by atoms with E-state index in [1.165, 1.54) is 154 Å². The van der Waals surface area contributed by atoms with Crippen LogP contribution in [0, 0.1) is 39.8 Å². The molecule has 0 unspecified atom stereocenters. The number of allylic oxidation sites excluding steroid dienone is 8. The van der Waals surface area contributed by atoms with Gasteiger partial charge in [0.2, 0.25) is 0 Å². The van der Waals surface area contributed by atoms with Crippen LogP contribution in [0.1, 0.15) is 71.2 Å². The Morgan fingerprint density at radius 3 is 0.764 bits per heavy atom. The SMILES string of the molecule is CC1=CC[C-]=C1.CC1=CC[C-]=C1.Cc1ccc2c(c1)[cH-]c1cc(C)ccc12.Cc1ccc2c(c1)[cH-]c1cc(C)ccc12.[Cl-].[Cl-].[Zr+2]=[C](c1ccccc1)c1ccccc1.[Zr+2]=[C](c1ccccc1)c1ccccc1. The van der Waals surface area contributed by atoms with Crippen LogP contribution in [-0.4, -0.2) is 6.41 Å². The van der Waals surface area contributed by atoms with Gasteiger partial charge in [-0.15, -0.1) is 106 Å². The zero-order chi connectivity index (χ0) is 49.2. The summed E-state index contributed by atoms with van der Waals surface area (Å²) in [5.74, 6) is 0. The summed E-state index contributed by atoms with van der Waals surface area (Å²) in [6.07, 6.45) is 16.5. The first kappa shape index (κ1) is 57.4. The molecule has 0 radical (unpaired) electrons. The summed E-state index contributed by atoms with van der Waals surface area (Å²) in [5.41, 5.74) is 13.3. The number of halogens is 2. The monoisotopic (exact) mass is 1130 g/mol. The van der Waals surface area contributed by atoms with Crippen molar-refractivity contribution in [2.45, 2.75) is 54.4 Å². The van der Waals surface area contributed by atoms with Gasteiger partial charge in [0, 0.05) is 0 Å². The van der Waals surface area contributed by atoms with Gasteiger partial charge in [0.1, 0.15) is 0 Å². The zero-order valence-corrected chi connectivity index (χ0v) is 48.5. The summed E-state index contributed by atoms with van der Waals surface area (Å²) in [5, 5.41) is 10.9. The first-order chi connectivity index (χ1) is 34.0. The van der Waals surface area contributed by atoms with Gasteiger partial charge in [0.05, 0.1) is 0 Å². The van der Waals surface area contributed by atoms with Crippen LogP contribution in [0.3, 0.4) is 0 Å². The molecule has 12 rings (SSSR count). The van der Waals surface area contributed by atoms with E-state index in [1.807, 2.05) is 12.2 Å². The summed E-state index contributed by atoms with van der Waals surface area (Å²) in [6.45, 7) is 12.7. The minimum atomic E-state index is 0. The molecule has 4 heteroatoms. The van der Waals surface area contributed by atoms with Crippen LogP contribution >= 0.6 is 0 Å². The molecule has 0 fully saturated rings. The maximum atomic E-state index is 3.05. The summed E-state index contributed by atoms with van der Waals surface area (Å²) in [7, 11) is 0. The second-order valence-electron chi connectivity index (χ2n) is 17.9. The first-order valence-corrected chi connectivity index (χ1v) is 26.5. The van der Waals surface area contributed by atoms with Crippen LogP contribution in [-0.2, 0) is 48.5 Å². The molecule has 0 aliphatic heterocycles. The van der Waals surface area contributed by atoms with Crippen LogP contribution < -0.4 is 24.8 Å². The maximum absolute atomic E-state index is 3.05. The van der Waals surface area contributed by atoms with Crippen LogP contribution in [0.4, 0.5) is 0 Å². The van der Waals surface area contributed by atoms with Crippen molar-refractivity contribution in [2.75, 3.05) is 0 Å². The van der Waals surface area contributed by atoms with Gasteiger partial charge in [0.25, 0.3) is 0 Å². The topological polar surface area (TPSA) is 0 Å². The molecule has 0 spiro atoms. The average molecular weight is 1130 g/mol. The molecule has 356 valence electrons. The van der Waals surface area contributed by atoms with E-state index in [0.717, 1.165) is 12.8 Å². The molecule has 0 atom stereocenters. The predicted molar refractivity (Wildman–Crippen MR) is 298 cm³/mol. The van der Waals surface area contributed by atoms with E-state index >= 15 is 0 Å². The number of fused-ring (bicyclic) bond motifs is 6. The van der Waals surface area contributed by atoms with Crippen LogP contribution in [0.2, 0.25) is 0 Å². The third-order valence-corrected chi connectivity index (χ3v) is 14.9. The first-order valence-electron chi connectivity index (χ1n) is 24.0. The number of hydrogen-bond donors (Lipinski definition) is 0. The summed E-state index contributed by atoms with van der Waals surface area (Å²) < 4.78 is 2.83. The molecule has 0 saturated heterocycles. The van der Waals surface area contributed by atoms with E-state index in [1.54, 1.807) is 0 Å². The Morgan fingerprint density at radius 2 is 0.583 bits per heavy atom. The molecule has 0 bridgehead atoms. The Kier molecular flexibility index (Phi) is 23.4. The van der Waals surface area contributed by atoms with Crippen LogP contribution in [0.25, 0.3) is 43.1 Å². The predicted octanol–water partition coefficient (Wildman–Crippen LogP) is 11.7. The van der Waals surface area contributed by atoms with Crippen molar-refractivity contribution in [1.82, 2.24) is 0 Å². The molecule has 72 heavy (non-hydrogen) atoms. The van der Waals surface area contributed by atoms with Gasteiger partial charge < -0.3 is 24.8 Å². The van der Waals surface area contributed by atoms with E-state index < -0.39 is 0 Å². The van der Waals surface area contributed by atoms with Gasteiger partial charge in [-0.25, -0.2) is 23.3 Å². The van der Waals surface area contributed by atoms with E-state index in [2.05, 4.69) is 272 Å². The van der Waals surface area contributed by atoms with Crippen molar-refractivity contribution in [1.29, 1.82) is 0 Å². The van der Waals surface area contributed by atoms with Gasteiger partial charge in [-0.1, -0.05) is 70.8 Å². The van der Waals surface area contributed by atoms with Crippen molar-refractivity contribution in [3.8, 4) is 0 Å². The molecular weight excluding hydrogens is 1070 g/mol. The fourth-order valence-electron chi connectivity index (χ4n) is 8.27. The normalized spacial score (nSPS) is 11.6. The second-order valence-corrected chi connectivity index (χ2v) is 20.3. The Bertz CT molecular complexity index is 3010. The Labute approximate surface area is 471 Å². The van der Waals surface area contributed by atoms with Crippen LogP contribution in [0.5, 0.6) is 0 Å². The number of aryl methyl sites for hydroxylation is 4. The van der Waals surface area contributed by atoms with Gasteiger partial charge in [-0.05, 0) is 27.7 Å². The molecule has 0 amide bonds. The standard InChI is InChI=1S/2C15H13.2C13H10.2C6H7.2ClH.2Zr/c2*1-10-3-5-14-12(7-10)9-13-8-11(2)4-6-15(13)14;2*1-3-7-12(8-4-1)11-13-9-5-2-6-10-13;2*1-6-4-2-3-5-6;;;;/h2*3-9H,1-2H3;2*1-10H;2*4-5H,2H2,1H3;2*1H;;/q2*-1;;;2*-1;;;2*+2/p-2. The third-order valence-electron chi connectivity index (χ3n) is 12.0. The quantitative estimate of drug-likeness (QED) is 0.154. The van der Waals surface area contributed by atoms with Crippen molar-refractivity contribution < 1.29 is 73.3 Å². The molecule has 0 nitrogen and oxygen atoms in total. The summed E-state index contributed by atoms with van der Waals surface area (Å²) in [6, 6.07) is 73.4. The van der Waals surface area contributed by atoms with E-state index in [0.29, 0.717) is 0 Å². The summed E-state index contributed by atoms with van der Waals surface area (Å²) in [4.78, 5) is 0. The molecular formula is C68H60Cl2Zr2-2. The molecule has 0 N–H and O–H groups in total. The van der Waals surface area contributed by atoms with E-state index in [9.17, 15) is 0 Å². The van der Waals surface area contributed by atoms with Gasteiger partial charge in [-0.2, -0.15) is 12.2 Å². The van der Waals surface area contributed by atoms with Gasteiger partial charge >= 0.3 is 198 Å². The zero-order valence-electron chi connectivity index (χ0n) is 42.1. The number of hydrogen-bond acceptors (Lipinski definition) is 0. The Morgan fingerprint density at radius 1 is 0.347 bits per heavy atom. The van der Waals surface area contributed by atoms with E-state index in [-0.39, 0.29) is 24.8 Å².